The van der Waals surface area contributed by atoms with Crippen molar-refractivity contribution in [3.63, 3.8) is 0 Å². The SMILES string of the molecule is Nc1ccc(OCCNC(=O)c2cc(Br)ccc2I)cc1. The molecule has 0 unspecified atom stereocenters. The fourth-order valence-electron chi connectivity index (χ4n) is 1.66. The maximum atomic E-state index is 12.1. The molecule has 2 rings (SSSR count). The highest BCUT2D eigenvalue weighted by molar-refractivity contribution is 14.1. The predicted octanol–water partition coefficient (Wildman–Crippen LogP) is 3.44. The molecule has 0 aliphatic heterocycles. The zero-order valence-electron chi connectivity index (χ0n) is 11.1. The molecule has 0 aromatic heterocycles. The Morgan fingerprint density at radius 2 is 1.95 bits per heavy atom. The number of amides is 1. The summed E-state index contributed by atoms with van der Waals surface area (Å²) in [4.78, 5) is 12.1. The summed E-state index contributed by atoms with van der Waals surface area (Å²) >= 11 is 5.51. The number of carbonyl (C=O) groups is 1. The van der Waals surface area contributed by atoms with Crippen LogP contribution in [0.5, 0.6) is 5.75 Å². The molecule has 0 saturated carbocycles. The van der Waals surface area contributed by atoms with E-state index in [1.54, 1.807) is 30.3 Å². The zero-order valence-corrected chi connectivity index (χ0v) is 14.8. The van der Waals surface area contributed by atoms with Gasteiger partial charge in [-0.2, -0.15) is 0 Å². The Balaban J connectivity index is 1.81. The van der Waals surface area contributed by atoms with Crippen molar-refractivity contribution in [2.45, 2.75) is 0 Å². The lowest BCUT2D eigenvalue weighted by molar-refractivity contribution is 0.0946. The van der Waals surface area contributed by atoms with Gasteiger partial charge in [-0.05, 0) is 65.1 Å². The minimum Gasteiger partial charge on any atom is -0.492 e. The van der Waals surface area contributed by atoms with E-state index in [1.165, 1.54) is 0 Å². The summed E-state index contributed by atoms with van der Waals surface area (Å²) in [6.45, 7) is 0.839. The van der Waals surface area contributed by atoms with Crippen molar-refractivity contribution >= 4 is 50.1 Å². The quantitative estimate of drug-likeness (QED) is 0.408. The third-order valence-corrected chi connectivity index (χ3v) is 4.14. The van der Waals surface area contributed by atoms with E-state index >= 15 is 0 Å². The first kappa shape index (κ1) is 16.1. The number of nitrogens with two attached hydrogens (primary N) is 1. The predicted molar refractivity (Wildman–Crippen MR) is 95.5 cm³/mol. The summed E-state index contributed by atoms with van der Waals surface area (Å²) in [6.07, 6.45) is 0. The molecule has 2 aromatic rings. The largest absolute Gasteiger partial charge is 0.492 e. The number of nitrogen functional groups attached to an aromatic ring is 1. The molecule has 6 heteroatoms. The Morgan fingerprint density at radius 3 is 2.67 bits per heavy atom. The third kappa shape index (κ3) is 4.89. The highest BCUT2D eigenvalue weighted by Crippen LogP contribution is 2.18. The second kappa shape index (κ2) is 7.65. The lowest BCUT2D eigenvalue weighted by atomic mass is 10.2. The molecule has 0 heterocycles. The summed E-state index contributed by atoms with van der Waals surface area (Å²) in [7, 11) is 0. The minimum atomic E-state index is -0.110. The Kier molecular flexibility index (Phi) is 5.86. The van der Waals surface area contributed by atoms with Crippen LogP contribution in [0.15, 0.2) is 46.9 Å². The van der Waals surface area contributed by atoms with Crippen molar-refractivity contribution in [3.8, 4) is 5.75 Å². The van der Waals surface area contributed by atoms with Crippen LogP contribution >= 0.6 is 38.5 Å². The van der Waals surface area contributed by atoms with Crippen LogP contribution in [0.25, 0.3) is 0 Å². The molecule has 0 aliphatic carbocycles. The molecule has 0 saturated heterocycles. The number of benzene rings is 2. The molecule has 1 amide bonds. The molecular formula is C15H14BrIN2O2. The number of carbonyl (C=O) groups excluding carboxylic acids is 1. The number of ether oxygens (including phenoxy) is 1. The Hall–Kier alpha value is -1.28. The maximum absolute atomic E-state index is 12.1. The molecule has 2 aromatic carbocycles. The monoisotopic (exact) mass is 460 g/mol. The molecule has 0 bridgehead atoms. The summed E-state index contributed by atoms with van der Waals surface area (Å²) < 4.78 is 7.31. The van der Waals surface area contributed by atoms with Crippen LogP contribution in [0.1, 0.15) is 10.4 Å². The van der Waals surface area contributed by atoms with Crippen LogP contribution in [0.3, 0.4) is 0 Å². The van der Waals surface area contributed by atoms with Gasteiger partial charge in [-0.1, -0.05) is 15.9 Å². The minimum absolute atomic E-state index is 0.110. The van der Waals surface area contributed by atoms with Gasteiger partial charge in [-0.3, -0.25) is 4.79 Å². The molecule has 0 radical (unpaired) electrons. The highest BCUT2D eigenvalue weighted by Gasteiger charge is 2.09. The van der Waals surface area contributed by atoms with Gasteiger partial charge in [-0.25, -0.2) is 0 Å². The van der Waals surface area contributed by atoms with Gasteiger partial charge in [0, 0.05) is 13.7 Å². The molecule has 0 fully saturated rings. The molecule has 0 atom stereocenters. The summed E-state index contributed by atoms with van der Waals surface area (Å²) in [5, 5.41) is 2.83. The Labute approximate surface area is 145 Å². The smallest absolute Gasteiger partial charge is 0.252 e. The summed E-state index contributed by atoms with van der Waals surface area (Å²) in [5.74, 6) is 0.622. The van der Waals surface area contributed by atoms with E-state index in [0.717, 1.165) is 13.8 Å². The van der Waals surface area contributed by atoms with Crippen LogP contribution in [-0.2, 0) is 0 Å². The highest BCUT2D eigenvalue weighted by atomic mass is 127. The molecule has 21 heavy (non-hydrogen) atoms. The summed E-state index contributed by atoms with van der Waals surface area (Å²) in [5.41, 5.74) is 6.94. The van der Waals surface area contributed by atoms with Crippen LogP contribution in [0.2, 0.25) is 0 Å². The second-order valence-electron chi connectivity index (χ2n) is 4.30. The van der Waals surface area contributed by atoms with E-state index in [1.807, 2.05) is 12.1 Å². The average molecular weight is 461 g/mol. The number of rotatable bonds is 5. The van der Waals surface area contributed by atoms with Gasteiger partial charge in [0.25, 0.3) is 5.91 Å². The van der Waals surface area contributed by atoms with E-state index in [0.29, 0.717) is 24.4 Å². The van der Waals surface area contributed by atoms with Crippen LogP contribution in [0.4, 0.5) is 5.69 Å². The number of hydrogen-bond donors (Lipinski definition) is 2. The van der Waals surface area contributed by atoms with Crippen molar-refractivity contribution < 1.29 is 9.53 Å². The van der Waals surface area contributed by atoms with Crippen molar-refractivity contribution in [2.75, 3.05) is 18.9 Å². The first-order chi connectivity index (χ1) is 10.1. The maximum Gasteiger partial charge on any atom is 0.252 e. The van der Waals surface area contributed by atoms with E-state index in [4.69, 9.17) is 10.5 Å². The van der Waals surface area contributed by atoms with Gasteiger partial charge in [0.15, 0.2) is 0 Å². The van der Waals surface area contributed by atoms with Crippen LogP contribution < -0.4 is 15.8 Å². The third-order valence-electron chi connectivity index (χ3n) is 2.71. The topological polar surface area (TPSA) is 64.3 Å². The van der Waals surface area contributed by atoms with Crippen molar-refractivity contribution in [1.29, 1.82) is 0 Å². The van der Waals surface area contributed by atoms with E-state index in [-0.39, 0.29) is 5.91 Å². The van der Waals surface area contributed by atoms with Gasteiger partial charge >= 0.3 is 0 Å². The molecule has 4 nitrogen and oxygen atoms in total. The first-order valence-corrected chi connectivity index (χ1v) is 8.15. The van der Waals surface area contributed by atoms with Gasteiger partial charge in [0.05, 0.1) is 12.1 Å². The lowest BCUT2D eigenvalue weighted by Crippen LogP contribution is -2.28. The zero-order chi connectivity index (χ0) is 15.2. The van der Waals surface area contributed by atoms with Gasteiger partial charge in [-0.15, -0.1) is 0 Å². The molecule has 110 valence electrons. The fraction of sp³-hybridized carbons (Fsp3) is 0.133. The molecular weight excluding hydrogens is 447 g/mol. The molecule has 0 aliphatic rings. The van der Waals surface area contributed by atoms with Gasteiger partial charge < -0.3 is 15.8 Å². The van der Waals surface area contributed by atoms with Crippen LogP contribution in [-0.4, -0.2) is 19.1 Å². The van der Waals surface area contributed by atoms with Crippen LogP contribution in [0, 0.1) is 3.57 Å². The Morgan fingerprint density at radius 1 is 1.24 bits per heavy atom. The van der Waals surface area contributed by atoms with Crippen molar-refractivity contribution in [2.24, 2.45) is 0 Å². The number of halogens is 2. The lowest BCUT2D eigenvalue weighted by Gasteiger charge is -2.09. The molecule has 3 N–H and O–H groups in total. The van der Waals surface area contributed by atoms with Gasteiger partial charge in [0.1, 0.15) is 12.4 Å². The first-order valence-electron chi connectivity index (χ1n) is 6.28. The number of anilines is 1. The number of nitrogens with one attached hydrogen (secondary N) is 1. The van der Waals surface area contributed by atoms with E-state index in [9.17, 15) is 4.79 Å². The average Bonchev–Trinajstić information content (AvgIpc) is 2.47. The van der Waals surface area contributed by atoms with Gasteiger partial charge in [0.2, 0.25) is 0 Å². The Bertz CT molecular complexity index is 632. The fourth-order valence-corrected chi connectivity index (χ4v) is 2.61. The summed E-state index contributed by atoms with van der Waals surface area (Å²) in [6, 6.07) is 12.8. The molecule has 0 spiro atoms. The number of hydrogen-bond acceptors (Lipinski definition) is 3. The van der Waals surface area contributed by atoms with Crippen molar-refractivity contribution in [1.82, 2.24) is 5.32 Å². The second-order valence-corrected chi connectivity index (χ2v) is 6.38. The van der Waals surface area contributed by atoms with E-state index in [2.05, 4.69) is 43.8 Å². The normalized spacial score (nSPS) is 10.2. The van der Waals surface area contributed by atoms with Crippen molar-refractivity contribution in [3.05, 3.63) is 56.1 Å². The standard InChI is InChI=1S/C15H14BrIN2O2/c16-10-1-6-14(17)13(9-10)15(20)19-7-8-21-12-4-2-11(18)3-5-12/h1-6,9H,7-8,18H2,(H,19,20). The van der Waals surface area contributed by atoms with E-state index < -0.39 is 0 Å².